The summed E-state index contributed by atoms with van der Waals surface area (Å²) < 4.78 is 41.4. The summed E-state index contributed by atoms with van der Waals surface area (Å²) in [5.41, 5.74) is 3.57. The van der Waals surface area contributed by atoms with Crippen molar-refractivity contribution < 1.29 is 18.1 Å². The molecule has 0 unspecified atom stereocenters. The second-order valence-electron chi connectivity index (χ2n) is 18.8. The van der Waals surface area contributed by atoms with Crippen molar-refractivity contribution in [1.82, 2.24) is 16.0 Å². The molecule has 338 valence electrons. The number of phosphoric acid groups is 1. The first-order chi connectivity index (χ1) is 31.9. The van der Waals surface area contributed by atoms with Crippen LogP contribution in [0, 0.1) is 0 Å². The molecule has 0 bridgehead atoms. The molecule has 3 heterocycles. The largest absolute Gasteiger partial charge is 0.476 e. The fraction of sp³-hybridized carbons (Fsp3) is 0.368. The molecular weight excluding hydrogens is 822 g/mol. The molecule has 6 aromatic carbocycles. The summed E-state index contributed by atoms with van der Waals surface area (Å²) in [4.78, 5) is 0. The summed E-state index contributed by atoms with van der Waals surface area (Å²) in [6, 6.07) is 63.0. The van der Waals surface area contributed by atoms with E-state index in [-0.39, 0.29) is 18.1 Å². The van der Waals surface area contributed by atoms with Gasteiger partial charge in [-0.05, 0) is 91.5 Å². The highest BCUT2D eigenvalue weighted by Gasteiger charge is 2.57. The zero-order valence-electron chi connectivity index (χ0n) is 37.7. The van der Waals surface area contributed by atoms with Gasteiger partial charge in [-0.25, -0.2) is 4.57 Å². The van der Waals surface area contributed by atoms with Gasteiger partial charge in [-0.15, -0.1) is 0 Å². The predicted molar refractivity (Wildman–Crippen MR) is 263 cm³/mol. The zero-order chi connectivity index (χ0) is 44.3. The molecule has 0 aromatic heterocycles. The van der Waals surface area contributed by atoms with Gasteiger partial charge in [-0.2, -0.15) is 0 Å². The van der Waals surface area contributed by atoms with Gasteiger partial charge in [0.2, 0.25) is 0 Å². The molecule has 3 atom stereocenters. The molecule has 9 rings (SSSR count). The maximum atomic E-state index is 17.7. The van der Waals surface area contributed by atoms with Crippen molar-refractivity contribution in [3.63, 3.8) is 0 Å². The van der Waals surface area contributed by atoms with Gasteiger partial charge < -0.3 is 16.0 Å². The molecule has 3 saturated heterocycles. The zero-order valence-corrected chi connectivity index (χ0v) is 38.6. The first kappa shape index (κ1) is 45.5. The van der Waals surface area contributed by atoms with Crippen LogP contribution in [-0.4, -0.2) is 54.6 Å². The molecule has 3 N–H and O–H groups in total. The van der Waals surface area contributed by atoms with Crippen LogP contribution in [0.5, 0.6) is 0 Å². The van der Waals surface area contributed by atoms with Crippen molar-refractivity contribution in [3.8, 4) is 0 Å². The Hall–Kier alpha value is -4.69. The van der Waals surface area contributed by atoms with Crippen LogP contribution in [0.3, 0.4) is 0 Å². The van der Waals surface area contributed by atoms with Crippen LogP contribution in [0.2, 0.25) is 0 Å². The number of phosphoric ester groups is 1. The molecule has 0 spiro atoms. The van der Waals surface area contributed by atoms with Gasteiger partial charge >= 0.3 is 7.82 Å². The molecule has 7 nitrogen and oxygen atoms in total. The third-order valence-corrected chi connectivity index (χ3v) is 15.8. The van der Waals surface area contributed by atoms with Crippen LogP contribution in [0.25, 0.3) is 0 Å². The van der Waals surface area contributed by atoms with Crippen LogP contribution in [0.1, 0.15) is 71.9 Å². The van der Waals surface area contributed by atoms with Crippen LogP contribution in [0.4, 0.5) is 0 Å². The number of hydrogen-bond acceptors (Lipinski definition) is 7. The van der Waals surface area contributed by atoms with Crippen molar-refractivity contribution in [2.45, 2.75) is 112 Å². The number of nitrogens with one attached hydrogen (secondary N) is 3. The van der Waals surface area contributed by atoms with Crippen LogP contribution >= 0.6 is 7.82 Å². The minimum absolute atomic E-state index is 0.132. The van der Waals surface area contributed by atoms with Gasteiger partial charge in [-0.1, -0.05) is 182 Å². The Morgan fingerprint density at radius 2 is 0.554 bits per heavy atom. The Labute approximate surface area is 387 Å². The fourth-order valence-electron chi connectivity index (χ4n) is 11.1. The van der Waals surface area contributed by atoms with Crippen LogP contribution in [-0.2, 0) is 56.7 Å². The van der Waals surface area contributed by atoms with E-state index in [1.807, 2.05) is 0 Å². The standard InChI is InChI=1S/C57H66N3O4P/c61-65(62-55(52-34-19-37-58-52,40-46-22-7-1-8-23-46)41-47-24-9-2-10-25-47,63-56(53-35-20-38-59-53,42-48-26-11-3-12-27-48)43-49-28-13-4-14-29-49)64-57(54-36-21-39-60-54,44-50-30-15-5-16-31-50)45-51-32-17-6-18-33-51/h1-18,22-33,52-54,58-60H,19-21,34-45H2/t52-,53-,54-/m0/s1. The Morgan fingerprint density at radius 3 is 0.723 bits per heavy atom. The number of rotatable bonds is 21. The minimum atomic E-state index is -4.68. The summed E-state index contributed by atoms with van der Waals surface area (Å²) in [6.07, 6.45) is 8.62. The third-order valence-electron chi connectivity index (χ3n) is 14.0. The lowest BCUT2D eigenvalue weighted by molar-refractivity contribution is -0.0908. The van der Waals surface area contributed by atoms with E-state index in [1.54, 1.807) is 0 Å². The smallest absolute Gasteiger partial charge is 0.311 e. The summed E-state index contributed by atoms with van der Waals surface area (Å²) in [6.45, 7) is 2.55. The van der Waals surface area contributed by atoms with E-state index in [9.17, 15) is 0 Å². The highest BCUT2D eigenvalue weighted by atomic mass is 31.2. The fourth-order valence-corrected chi connectivity index (χ4v) is 13.3. The maximum absolute atomic E-state index is 17.7. The van der Waals surface area contributed by atoms with E-state index in [2.05, 4.69) is 198 Å². The molecule has 65 heavy (non-hydrogen) atoms. The Kier molecular flexibility index (Phi) is 14.9. The van der Waals surface area contributed by atoms with Crippen molar-refractivity contribution in [2.24, 2.45) is 0 Å². The minimum Gasteiger partial charge on any atom is -0.311 e. The molecule has 8 heteroatoms. The highest BCUT2D eigenvalue weighted by molar-refractivity contribution is 7.48. The van der Waals surface area contributed by atoms with Gasteiger partial charge in [0, 0.05) is 56.7 Å². The van der Waals surface area contributed by atoms with Gasteiger partial charge in [0.1, 0.15) is 16.8 Å². The molecule has 0 amide bonds. The first-order valence-corrected chi connectivity index (χ1v) is 25.5. The van der Waals surface area contributed by atoms with Gasteiger partial charge in [0.05, 0.1) is 0 Å². The van der Waals surface area contributed by atoms with E-state index < -0.39 is 24.6 Å². The molecule has 0 aliphatic carbocycles. The summed E-state index contributed by atoms with van der Waals surface area (Å²) in [5, 5.41) is 11.6. The van der Waals surface area contributed by atoms with Gasteiger partial charge in [0.15, 0.2) is 0 Å². The molecular formula is C57H66N3O4P. The van der Waals surface area contributed by atoms with Crippen molar-refractivity contribution in [2.75, 3.05) is 19.6 Å². The van der Waals surface area contributed by atoms with E-state index in [1.165, 1.54) is 0 Å². The maximum Gasteiger partial charge on any atom is 0.476 e. The predicted octanol–water partition coefficient (Wildman–Crippen LogP) is 11.1. The summed E-state index contributed by atoms with van der Waals surface area (Å²) >= 11 is 0. The van der Waals surface area contributed by atoms with E-state index in [0.29, 0.717) is 38.5 Å². The second kappa shape index (κ2) is 21.3. The lowest BCUT2D eigenvalue weighted by atomic mass is 9.81. The van der Waals surface area contributed by atoms with Gasteiger partial charge in [0.25, 0.3) is 0 Å². The SMILES string of the molecule is O=P(OC(Cc1ccccc1)(Cc1ccccc1)[C@@H]1CCCN1)(OC(Cc1ccccc1)(Cc1ccccc1)[C@@H]1CCCN1)OC(Cc1ccccc1)(Cc1ccccc1)[C@@H]1CCCN1. The highest BCUT2D eigenvalue weighted by Crippen LogP contribution is 2.62. The van der Waals surface area contributed by atoms with Crippen LogP contribution < -0.4 is 16.0 Å². The summed E-state index contributed by atoms with van der Waals surface area (Å²) in [5.74, 6) is 0. The van der Waals surface area contributed by atoms with E-state index >= 15 is 4.57 Å². The van der Waals surface area contributed by atoms with Crippen LogP contribution in [0.15, 0.2) is 182 Å². The van der Waals surface area contributed by atoms with Crippen molar-refractivity contribution >= 4 is 7.82 Å². The number of benzene rings is 6. The lowest BCUT2D eigenvalue weighted by Gasteiger charge is -2.48. The summed E-state index contributed by atoms with van der Waals surface area (Å²) in [7, 11) is -4.68. The van der Waals surface area contributed by atoms with E-state index in [0.717, 1.165) is 91.5 Å². The monoisotopic (exact) mass is 887 g/mol. The van der Waals surface area contributed by atoms with Crippen molar-refractivity contribution in [3.05, 3.63) is 215 Å². The second-order valence-corrected chi connectivity index (χ2v) is 20.3. The Balaban J connectivity index is 1.27. The Morgan fingerprint density at radius 1 is 0.354 bits per heavy atom. The molecule has 0 saturated carbocycles. The molecule has 3 aliphatic heterocycles. The lowest BCUT2D eigenvalue weighted by Crippen LogP contribution is -2.57. The Bertz CT molecular complexity index is 1980. The number of hydrogen-bond donors (Lipinski definition) is 3. The molecule has 3 fully saturated rings. The quantitative estimate of drug-likeness (QED) is 0.0621. The normalized spacial score (nSPS) is 19.4. The van der Waals surface area contributed by atoms with Crippen molar-refractivity contribution in [1.29, 1.82) is 0 Å². The average molecular weight is 888 g/mol. The van der Waals surface area contributed by atoms with Gasteiger partial charge in [-0.3, -0.25) is 13.6 Å². The average Bonchev–Trinajstić information content (AvgIpc) is 4.18. The topological polar surface area (TPSA) is 80.9 Å². The van der Waals surface area contributed by atoms with E-state index in [4.69, 9.17) is 13.6 Å². The first-order valence-electron chi connectivity index (χ1n) is 24.1. The molecule has 3 aliphatic rings. The molecule has 0 radical (unpaired) electrons. The third kappa shape index (κ3) is 11.5. The molecule has 6 aromatic rings.